The fraction of sp³-hybridized carbons (Fsp3) is 0.833. The van der Waals surface area contributed by atoms with Crippen molar-refractivity contribution in [2.24, 2.45) is 41.4 Å². The van der Waals surface area contributed by atoms with Crippen LogP contribution >= 0.6 is 0 Å². The topological polar surface area (TPSA) is 35.5 Å². The molecule has 5 rings (SSSR count). The minimum absolute atomic E-state index is 0.0413. The van der Waals surface area contributed by atoms with Gasteiger partial charge < -0.3 is 9.47 Å². The highest BCUT2D eigenvalue weighted by Gasteiger charge is 2.62. The van der Waals surface area contributed by atoms with Crippen LogP contribution in [0.1, 0.15) is 38.5 Å². The monoisotopic (exact) mass is 288 g/mol. The third kappa shape index (κ3) is 1.79. The molecule has 0 amide bonds. The molecule has 0 aromatic rings. The van der Waals surface area contributed by atoms with Gasteiger partial charge in [-0.3, -0.25) is 4.79 Å². The predicted molar refractivity (Wildman–Crippen MR) is 77.1 cm³/mol. The molecular weight excluding hydrogens is 264 g/mol. The molecule has 3 nitrogen and oxygen atoms in total. The van der Waals surface area contributed by atoms with Gasteiger partial charge in [-0.2, -0.15) is 0 Å². The second-order valence-electron chi connectivity index (χ2n) is 7.84. The normalized spacial score (nSPS) is 53.1. The van der Waals surface area contributed by atoms with Crippen LogP contribution in [0.4, 0.5) is 0 Å². The molecule has 3 saturated carbocycles. The summed E-state index contributed by atoms with van der Waals surface area (Å²) in [6.07, 6.45) is 11.4. The molecule has 0 spiro atoms. The quantitative estimate of drug-likeness (QED) is 0.445. The van der Waals surface area contributed by atoms with Gasteiger partial charge in [0.05, 0.1) is 12.5 Å². The Bertz CT molecular complexity index is 479. The van der Waals surface area contributed by atoms with Gasteiger partial charge in [-0.1, -0.05) is 12.2 Å². The van der Waals surface area contributed by atoms with Crippen LogP contribution in [0.5, 0.6) is 0 Å². The molecule has 4 bridgehead atoms. The lowest BCUT2D eigenvalue weighted by atomic mass is 9.69. The summed E-state index contributed by atoms with van der Waals surface area (Å²) in [4.78, 5) is 12.6. The number of hydrogen-bond donors (Lipinski definition) is 0. The second kappa shape index (κ2) is 4.58. The number of rotatable bonds is 2. The maximum Gasteiger partial charge on any atom is 0.311 e. The van der Waals surface area contributed by atoms with Crippen LogP contribution in [0, 0.1) is 41.4 Å². The maximum absolute atomic E-state index is 12.6. The molecule has 8 atom stereocenters. The van der Waals surface area contributed by atoms with Gasteiger partial charge >= 0.3 is 5.97 Å². The number of hydrogen-bond acceptors (Lipinski definition) is 3. The maximum atomic E-state index is 12.6. The molecule has 0 aromatic heterocycles. The summed E-state index contributed by atoms with van der Waals surface area (Å²) in [5.41, 5.74) is 0. The summed E-state index contributed by atoms with van der Waals surface area (Å²) in [7, 11) is 0. The summed E-state index contributed by atoms with van der Waals surface area (Å²) in [5.74, 6) is 4.84. The molecule has 1 saturated heterocycles. The van der Waals surface area contributed by atoms with Crippen LogP contribution in [0.3, 0.4) is 0 Å². The Morgan fingerprint density at radius 2 is 1.90 bits per heavy atom. The van der Waals surface area contributed by atoms with E-state index in [0.717, 1.165) is 61.9 Å². The number of fused-ring (bicyclic) bond motifs is 9. The van der Waals surface area contributed by atoms with E-state index in [1.165, 1.54) is 12.8 Å². The predicted octanol–water partition coefficient (Wildman–Crippen LogP) is 3.15. The fourth-order valence-electron chi connectivity index (χ4n) is 6.31. The SMILES string of the molecule is O=C(OC1CCCCO1)C1CC2CC1C1C3C=CC(C3)C21. The lowest BCUT2D eigenvalue weighted by Gasteiger charge is -2.36. The number of carbonyl (C=O) groups is 1. The van der Waals surface area contributed by atoms with E-state index in [9.17, 15) is 4.79 Å². The first-order valence-electron chi connectivity index (χ1n) is 8.81. The van der Waals surface area contributed by atoms with Crippen molar-refractivity contribution >= 4 is 5.97 Å². The molecule has 0 radical (unpaired) electrons. The summed E-state index contributed by atoms with van der Waals surface area (Å²) < 4.78 is 11.2. The first kappa shape index (κ1) is 12.7. The average Bonchev–Trinajstić information content (AvgIpc) is 3.26. The van der Waals surface area contributed by atoms with E-state index < -0.39 is 0 Å². The molecule has 0 N–H and O–H groups in total. The molecule has 8 unspecified atom stereocenters. The van der Waals surface area contributed by atoms with Crippen molar-refractivity contribution in [1.82, 2.24) is 0 Å². The molecule has 1 heterocycles. The van der Waals surface area contributed by atoms with Gasteiger partial charge in [-0.25, -0.2) is 0 Å². The van der Waals surface area contributed by atoms with E-state index in [0.29, 0.717) is 5.92 Å². The van der Waals surface area contributed by atoms with E-state index in [1.54, 1.807) is 0 Å². The van der Waals surface area contributed by atoms with Crippen molar-refractivity contribution in [3.8, 4) is 0 Å². The highest BCUT2D eigenvalue weighted by Crippen LogP contribution is 2.67. The van der Waals surface area contributed by atoms with Crippen LogP contribution in [-0.4, -0.2) is 18.9 Å². The van der Waals surface area contributed by atoms with Crippen molar-refractivity contribution in [1.29, 1.82) is 0 Å². The minimum Gasteiger partial charge on any atom is -0.436 e. The Morgan fingerprint density at radius 1 is 1.05 bits per heavy atom. The van der Waals surface area contributed by atoms with Crippen LogP contribution in [-0.2, 0) is 14.3 Å². The number of esters is 1. The number of allylic oxidation sites excluding steroid dienone is 2. The molecule has 1 aliphatic heterocycles. The number of carbonyl (C=O) groups excluding carboxylic acids is 1. The lowest BCUT2D eigenvalue weighted by Crippen LogP contribution is -2.37. The van der Waals surface area contributed by atoms with Crippen molar-refractivity contribution in [2.75, 3.05) is 6.61 Å². The molecular formula is C18H24O3. The van der Waals surface area contributed by atoms with Gasteiger partial charge in [0.2, 0.25) is 6.29 Å². The molecule has 0 aromatic carbocycles. The average molecular weight is 288 g/mol. The molecule has 21 heavy (non-hydrogen) atoms. The van der Waals surface area contributed by atoms with Crippen LogP contribution in [0.25, 0.3) is 0 Å². The van der Waals surface area contributed by atoms with Gasteiger partial charge in [-0.15, -0.1) is 0 Å². The fourth-order valence-corrected chi connectivity index (χ4v) is 6.31. The Hall–Kier alpha value is -0.830. The molecule has 5 aliphatic rings. The smallest absolute Gasteiger partial charge is 0.311 e. The Kier molecular flexibility index (Phi) is 2.77. The zero-order chi connectivity index (χ0) is 14.0. The second-order valence-corrected chi connectivity index (χ2v) is 7.84. The summed E-state index contributed by atoms with van der Waals surface area (Å²) in [6.45, 7) is 0.744. The Labute approximate surface area is 126 Å². The van der Waals surface area contributed by atoms with Gasteiger partial charge in [0.15, 0.2) is 0 Å². The standard InChI is InChI=1S/C18H24O3/c19-18(21-15-3-1-2-6-20-15)14-9-12-8-13(14)17-11-5-4-10(7-11)16(12)17/h4-5,10-17H,1-3,6-9H2. The van der Waals surface area contributed by atoms with Crippen LogP contribution in [0.15, 0.2) is 12.2 Å². The van der Waals surface area contributed by atoms with Gasteiger partial charge in [-0.05, 0) is 67.6 Å². The molecule has 3 heteroatoms. The first-order chi connectivity index (χ1) is 10.3. The van der Waals surface area contributed by atoms with E-state index >= 15 is 0 Å². The zero-order valence-electron chi connectivity index (χ0n) is 12.4. The van der Waals surface area contributed by atoms with E-state index in [2.05, 4.69) is 12.2 Å². The largest absolute Gasteiger partial charge is 0.436 e. The molecule has 4 fully saturated rings. The molecule has 4 aliphatic carbocycles. The van der Waals surface area contributed by atoms with Crippen molar-refractivity contribution in [3.63, 3.8) is 0 Å². The van der Waals surface area contributed by atoms with Crippen molar-refractivity contribution < 1.29 is 14.3 Å². The zero-order valence-corrected chi connectivity index (χ0v) is 12.4. The van der Waals surface area contributed by atoms with E-state index in [4.69, 9.17) is 9.47 Å². The van der Waals surface area contributed by atoms with Crippen molar-refractivity contribution in [2.45, 2.75) is 44.8 Å². The minimum atomic E-state index is -0.263. The summed E-state index contributed by atoms with van der Waals surface area (Å²) >= 11 is 0. The van der Waals surface area contributed by atoms with Gasteiger partial charge in [0.1, 0.15) is 0 Å². The highest BCUT2D eigenvalue weighted by molar-refractivity contribution is 5.73. The van der Waals surface area contributed by atoms with E-state index in [1.807, 2.05) is 0 Å². The van der Waals surface area contributed by atoms with Crippen molar-refractivity contribution in [3.05, 3.63) is 12.2 Å². The first-order valence-corrected chi connectivity index (χ1v) is 8.81. The van der Waals surface area contributed by atoms with Gasteiger partial charge in [0, 0.05) is 6.42 Å². The third-order valence-electron chi connectivity index (χ3n) is 6.96. The number of ether oxygens (including phenoxy) is 2. The summed E-state index contributed by atoms with van der Waals surface area (Å²) in [6, 6.07) is 0. The van der Waals surface area contributed by atoms with Gasteiger partial charge in [0.25, 0.3) is 0 Å². The van der Waals surface area contributed by atoms with Crippen LogP contribution in [0.2, 0.25) is 0 Å². The summed E-state index contributed by atoms with van der Waals surface area (Å²) in [5, 5.41) is 0. The highest BCUT2D eigenvalue weighted by atomic mass is 16.7. The van der Waals surface area contributed by atoms with E-state index in [-0.39, 0.29) is 18.2 Å². The Morgan fingerprint density at radius 3 is 2.71 bits per heavy atom. The lowest BCUT2D eigenvalue weighted by molar-refractivity contribution is -0.193. The molecule has 114 valence electrons. The Balaban J connectivity index is 1.29. The third-order valence-corrected chi connectivity index (χ3v) is 6.96. The van der Waals surface area contributed by atoms with Crippen LogP contribution < -0.4 is 0 Å².